The van der Waals surface area contributed by atoms with Crippen molar-refractivity contribution in [2.24, 2.45) is 5.84 Å². The van der Waals surface area contributed by atoms with Gasteiger partial charge in [-0.05, 0) is 51.0 Å². The molecule has 0 radical (unpaired) electrons. The molecule has 2 aromatic heterocycles. The van der Waals surface area contributed by atoms with E-state index in [9.17, 15) is 4.55 Å². The molecule has 0 aliphatic carbocycles. The Morgan fingerprint density at radius 3 is 2.30 bits per heavy atom. The molecule has 1 unspecified atom stereocenters. The minimum atomic E-state index is -1.14. The van der Waals surface area contributed by atoms with Crippen LogP contribution in [0.3, 0.4) is 0 Å². The number of nitrogens with two attached hydrogens (primary N) is 1. The van der Waals surface area contributed by atoms with Gasteiger partial charge in [0.1, 0.15) is 10.6 Å². The Bertz CT molecular complexity index is 1240. The number of aromatic nitrogens is 2. The molecule has 0 saturated heterocycles. The fourth-order valence-electron chi connectivity index (χ4n) is 3.60. The molecule has 4 aromatic rings. The number of nitrogen functional groups attached to an aromatic ring is 1. The SMILES string of the molecule is C[C@@H](N[S+]([O-])C(C)(C)C)c1ccc(-c2nc3ccnc(NN)c3cc2-c2ccccc2)cc1. The zero-order valence-corrected chi connectivity index (χ0v) is 20.1. The monoisotopic (exact) mass is 459 g/mol. The molecular weight excluding hydrogens is 430 g/mol. The Hall–Kier alpha value is -2.97. The Kier molecular flexibility index (Phi) is 6.67. The van der Waals surface area contributed by atoms with Crippen molar-refractivity contribution in [2.45, 2.75) is 38.5 Å². The minimum absolute atomic E-state index is 0.0403. The first-order valence-electron chi connectivity index (χ1n) is 10.9. The normalized spacial score (nSPS) is 13.6. The third-order valence-electron chi connectivity index (χ3n) is 5.49. The number of rotatable bonds is 6. The van der Waals surface area contributed by atoms with Crippen molar-refractivity contribution < 1.29 is 4.55 Å². The van der Waals surface area contributed by atoms with E-state index >= 15 is 0 Å². The van der Waals surface area contributed by atoms with Crippen molar-refractivity contribution in [3.8, 4) is 22.4 Å². The van der Waals surface area contributed by atoms with E-state index < -0.39 is 11.4 Å². The Labute approximate surface area is 197 Å². The molecule has 7 heteroatoms. The Morgan fingerprint density at radius 2 is 1.67 bits per heavy atom. The summed E-state index contributed by atoms with van der Waals surface area (Å²) in [5.74, 6) is 6.28. The molecule has 0 amide bonds. The second kappa shape index (κ2) is 9.49. The van der Waals surface area contributed by atoms with E-state index in [4.69, 9.17) is 10.8 Å². The number of hydrazine groups is 1. The number of fused-ring (bicyclic) bond motifs is 1. The smallest absolute Gasteiger partial charge is 0.149 e. The van der Waals surface area contributed by atoms with E-state index in [1.807, 2.05) is 52.0 Å². The molecule has 6 nitrogen and oxygen atoms in total. The predicted molar refractivity (Wildman–Crippen MR) is 138 cm³/mol. The molecule has 2 aromatic carbocycles. The van der Waals surface area contributed by atoms with Crippen LogP contribution in [0.2, 0.25) is 0 Å². The fourth-order valence-corrected chi connectivity index (χ4v) is 4.41. The van der Waals surface area contributed by atoms with Gasteiger partial charge < -0.3 is 9.98 Å². The topological polar surface area (TPSA) is 98.9 Å². The lowest BCUT2D eigenvalue weighted by molar-refractivity contribution is 0.531. The molecule has 2 atom stereocenters. The van der Waals surface area contributed by atoms with E-state index in [-0.39, 0.29) is 10.8 Å². The van der Waals surface area contributed by atoms with Crippen LogP contribution in [0.15, 0.2) is 72.9 Å². The maximum atomic E-state index is 12.5. The summed E-state index contributed by atoms with van der Waals surface area (Å²) in [5.41, 5.74) is 8.50. The molecule has 0 spiro atoms. The van der Waals surface area contributed by atoms with Gasteiger partial charge in [0, 0.05) is 34.1 Å². The van der Waals surface area contributed by atoms with Crippen LogP contribution in [-0.4, -0.2) is 19.3 Å². The molecule has 0 aliphatic rings. The van der Waals surface area contributed by atoms with Gasteiger partial charge in [0.2, 0.25) is 0 Å². The van der Waals surface area contributed by atoms with Crippen LogP contribution in [0, 0.1) is 0 Å². The molecule has 33 heavy (non-hydrogen) atoms. The second-order valence-electron chi connectivity index (χ2n) is 8.96. The lowest BCUT2D eigenvalue weighted by Gasteiger charge is -2.26. The summed E-state index contributed by atoms with van der Waals surface area (Å²) in [7, 11) is 0. The van der Waals surface area contributed by atoms with E-state index in [0.717, 1.165) is 38.9 Å². The van der Waals surface area contributed by atoms with Crippen LogP contribution in [-0.2, 0) is 11.4 Å². The number of benzene rings is 2. The van der Waals surface area contributed by atoms with E-state index in [2.05, 4.69) is 57.6 Å². The fraction of sp³-hybridized carbons (Fsp3) is 0.231. The molecule has 4 N–H and O–H groups in total. The van der Waals surface area contributed by atoms with Gasteiger partial charge in [-0.3, -0.25) is 0 Å². The van der Waals surface area contributed by atoms with Crippen LogP contribution in [0.5, 0.6) is 0 Å². The van der Waals surface area contributed by atoms with E-state index in [0.29, 0.717) is 5.82 Å². The lowest BCUT2D eigenvalue weighted by atomic mass is 9.96. The van der Waals surface area contributed by atoms with E-state index in [1.54, 1.807) is 6.20 Å². The lowest BCUT2D eigenvalue weighted by Crippen LogP contribution is -2.40. The first-order chi connectivity index (χ1) is 15.8. The molecule has 170 valence electrons. The van der Waals surface area contributed by atoms with Crippen LogP contribution in [0.25, 0.3) is 33.3 Å². The highest BCUT2D eigenvalue weighted by Crippen LogP contribution is 2.35. The van der Waals surface area contributed by atoms with Gasteiger partial charge in [-0.15, -0.1) is 4.72 Å². The Morgan fingerprint density at radius 1 is 0.970 bits per heavy atom. The number of pyridine rings is 2. The van der Waals surface area contributed by atoms with Gasteiger partial charge in [0.05, 0.1) is 17.3 Å². The largest absolute Gasteiger partial charge is 0.598 e. The molecule has 0 saturated carbocycles. The van der Waals surface area contributed by atoms with Crippen molar-refractivity contribution in [2.75, 3.05) is 5.43 Å². The maximum absolute atomic E-state index is 12.5. The highest BCUT2D eigenvalue weighted by atomic mass is 32.2. The van der Waals surface area contributed by atoms with Crippen LogP contribution in [0.4, 0.5) is 5.82 Å². The van der Waals surface area contributed by atoms with Gasteiger partial charge in [-0.2, -0.15) is 0 Å². The zero-order chi connectivity index (χ0) is 23.6. The molecule has 2 heterocycles. The third kappa shape index (κ3) is 5.02. The van der Waals surface area contributed by atoms with Gasteiger partial charge in [0.15, 0.2) is 0 Å². The summed E-state index contributed by atoms with van der Waals surface area (Å²) < 4.78 is 15.4. The average molecular weight is 460 g/mol. The van der Waals surface area contributed by atoms with Crippen molar-refractivity contribution in [3.05, 3.63) is 78.5 Å². The number of nitrogens with one attached hydrogen (secondary N) is 2. The second-order valence-corrected chi connectivity index (χ2v) is 11.0. The van der Waals surface area contributed by atoms with Crippen LogP contribution < -0.4 is 16.0 Å². The summed E-state index contributed by atoms with van der Waals surface area (Å²) in [4.78, 5) is 9.31. The summed E-state index contributed by atoms with van der Waals surface area (Å²) in [6.45, 7) is 7.91. The molecule has 4 rings (SSSR count). The van der Waals surface area contributed by atoms with Crippen LogP contribution >= 0.6 is 0 Å². The predicted octanol–water partition coefficient (Wildman–Crippen LogP) is 5.36. The summed E-state index contributed by atoms with van der Waals surface area (Å²) in [6.07, 6.45) is 1.70. The minimum Gasteiger partial charge on any atom is -0.598 e. The van der Waals surface area contributed by atoms with Crippen molar-refractivity contribution in [3.63, 3.8) is 0 Å². The number of anilines is 1. The van der Waals surface area contributed by atoms with Crippen molar-refractivity contribution in [1.82, 2.24) is 14.7 Å². The zero-order valence-electron chi connectivity index (χ0n) is 19.3. The maximum Gasteiger partial charge on any atom is 0.149 e. The van der Waals surface area contributed by atoms with Crippen LogP contribution in [0.1, 0.15) is 39.3 Å². The highest BCUT2D eigenvalue weighted by molar-refractivity contribution is 7.90. The molecule has 0 fully saturated rings. The average Bonchev–Trinajstić information content (AvgIpc) is 2.82. The quantitative estimate of drug-likeness (QED) is 0.204. The number of hydrogen-bond donors (Lipinski definition) is 3. The first kappa shape index (κ1) is 23.2. The molecule has 0 bridgehead atoms. The van der Waals surface area contributed by atoms with Gasteiger partial charge in [-0.1, -0.05) is 54.6 Å². The highest BCUT2D eigenvalue weighted by Gasteiger charge is 2.28. The van der Waals surface area contributed by atoms with Crippen molar-refractivity contribution >= 4 is 28.1 Å². The molecule has 0 aliphatic heterocycles. The molecular formula is C26H29N5OS. The van der Waals surface area contributed by atoms with E-state index in [1.165, 1.54) is 0 Å². The van der Waals surface area contributed by atoms with Gasteiger partial charge in [0.25, 0.3) is 0 Å². The standard InChI is InChI=1S/C26H29N5OS/c1-17(31-33(32)26(2,3)4)18-10-12-20(13-11-18)24-21(19-8-6-5-7-9-19)16-22-23(29-24)14-15-28-25(22)30-27/h5-17,31H,27H2,1-4H3,(H,28,30)/t17-,33?/m1/s1. The summed E-state index contributed by atoms with van der Waals surface area (Å²) >= 11 is -1.14. The number of nitrogens with zero attached hydrogens (tertiary/aromatic N) is 2. The van der Waals surface area contributed by atoms with Gasteiger partial charge in [-0.25, -0.2) is 15.8 Å². The summed E-state index contributed by atoms with van der Waals surface area (Å²) in [5, 5.41) is 0.863. The first-order valence-corrected chi connectivity index (χ1v) is 12.0. The number of hydrogen-bond acceptors (Lipinski definition) is 6. The summed E-state index contributed by atoms with van der Waals surface area (Å²) in [6, 6.07) is 22.4. The Balaban J connectivity index is 1.76. The van der Waals surface area contributed by atoms with Gasteiger partial charge >= 0.3 is 0 Å². The van der Waals surface area contributed by atoms with Crippen molar-refractivity contribution in [1.29, 1.82) is 0 Å². The third-order valence-corrected chi connectivity index (χ3v) is 7.17.